The predicted octanol–water partition coefficient (Wildman–Crippen LogP) is 24.7. The van der Waals surface area contributed by atoms with Crippen LogP contribution in [-0.2, 0) is 29.4 Å². The Morgan fingerprint density at radius 2 is 0.459 bits per heavy atom. The molecule has 1 aliphatic carbocycles. The summed E-state index contributed by atoms with van der Waals surface area (Å²) in [6, 6.07) is 105. The van der Waals surface area contributed by atoms with Crippen LogP contribution in [0, 0.1) is 5.41 Å². The number of pyridine rings is 3. The summed E-state index contributed by atoms with van der Waals surface area (Å²) < 4.78 is 25.7. The molecule has 2 aliphatic heterocycles. The van der Waals surface area contributed by atoms with Gasteiger partial charge in [-0.15, -0.1) is 0 Å². The zero-order valence-corrected chi connectivity index (χ0v) is 66.1. The zero-order valence-electron chi connectivity index (χ0n) is 66.1. The molecule has 111 heavy (non-hydrogen) atoms. The first-order valence-corrected chi connectivity index (χ1v) is 39.0. The second-order valence-electron chi connectivity index (χ2n) is 34.1. The summed E-state index contributed by atoms with van der Waals surface area (Å²) in [5.74, 6) is 0. The maximum Gasteiger partial charge on any atom is 0.494 e. The van der Waals surface area contributed by atoms with E-state index in [0.29, 0.717) is 0 Å². The molecule has 2 fully saturated rings. The Morgan fingerprint density at radius 1 is 0.207 bits per heavy atom. The predicted molar refractivity (Wildman–Crippen MR) is 462 cm³/mol. The van der Waals surface area contributed by atoms with E-state index in [1.807, 2.05) is 12.4 Å². The van der Waals surface area contributed by atoms with Crippen molar-refractivity contribution in [1.82, 2.24) is 15.0 Å². The summed E-state index contributed by atoms with van der Waals surface area (Å²) in [6.45, 7) is 31.2. The van der Waals surface area contributed by atoms with Gasteiger partial charge in [0.05, 0.1) is 39.5 Å². The van der Waals surface area contributed by atoms with Gasteiger partial charge in [0, 0.05) is 52.0 Å². The van der Waals surface area contributed by atoms with Gasteiger partial charge in [0.1, 0.15) is 0 Å². The van der Waals surface area contributed by atoms with Crippen LogP contribution >= 0.6 is 0 Å². The van der Waals surface area contributed by atoms with Crippen molar-refractivity contribution in [2.45, 2.75) is 130 Å². The van der Waals surface area contributed by atoms with Crippen molar-refractivity contribution in [3.05, 3.63) is 321 Å². The summed E-state index contributed by atoms with van der Waals surface area (Å²) in [7, 11) is -0.849. The third-order valence-electron chi connectivity index (χ3n) is 25.9. The fourth-order valence-corrected chi connectivity index (χ4v) is 16.6. The van der Waals surface area contributed by atoms with Gasteiger partial charge in [-0.05, 0) is 243 Å². The van der Waals surface area contributed by atoms with Crippen LogP contribution in [0.4, 0.5) is 0 Å². The van der Waals surface area contributed by atoms with Crippen molar-refractivity contribution >= 4 is 25.2 Å². The highest BCUT2D eigenvalue weighted by Crippen LogP contribution is 2.62. The van der Waals surface area contributed by atoms with E-state index in [1.165, 1.54) is 11.1 Å². The molecule has 0 N–H and O–H groups in total. The molecule has 0 spiro atoms. The van der Waals surface area contributed by atoms with Crippen molar-refractivity contribution in [1.29, 1.82) is 0 Å². The van der Waals surface area contributed by atoms with Crippen LogP contribution < -0.4 is 10.9 Å². The van der Waals surface area contributed by atoms with Crippen molar-refractivity contribution < 1.29 is 18.6 Å². The van der Waals surface area contributed by atoms with Crippen LogP contribution in [0.3, 0.4) is 0 Å². The Kier molecular flexibility index (Phi) is 18.1. The maximum atomic E-state index is 6.42. The van der Waals surface area contributed by atoms with E-state index in [4.69, 9.17) is 33.6 Å². The fraction of sp³-hybridized carbons (Fsp3) is 0.206. The molecule has 5 heterocycles. The second-order valence-corrected chi connectivity index (χ2v) is 34.1. The Morgan fingerprint density at radius 3 is 0.775 bits per heavy atom. The molecule has 0 atom stereocenters. The number of fused-ring (bicyclic) bond motifs is 1. The molecule has 3 aromatic heterocycles. The molecule has 3 aliphatic rings. The Bertz CT molecular complexity index is 5580. The van der Waals surface area contributed by atoms with Gasteiger partial charge in [0.2, 0.25) is 0 Å². The van der Waals surface area contributed by atoms with Crippen LogP contribution in [0.2, 0.25) is 0 Å². The second kappa shape index (κ2) is 27.7. The molecule has 9 heteroatoms. The summed E-state index contributed by atoms with van der Waals surface area (Å²) in [4.78, 5) is 15.7. The highest BCUT2D eigenvalue weighted by Gasteiger charge is 2.57. The third-order valence-corrected chi connectivity index (χ3v) is 25.9. The quantitative estimate of drug-likeness (QED) is 0.0947. The van der Waals surface area contributed by atoms with Gasteiger partial charge in [0.25, 0.3) is 0 Å². The zero-order chi connectivity index (χ0) is 77.0. The lowest BCUT2D eigenvalue weighted by Crippen LogP contribution is -2.42. The fourth-order valence-electron chi connectivity index (χ4n) is 16.6. The number of benzene rings is 11. The molecule has 546 valence electrons. The van der Waals surface area contributed by atoms with E-state index >= 15 is 0 Å². The van der Waals surface area contributed by atoms with Gasteiger partial charge in [-0.1, -0.05) is 278 Å². The smallest absolute Gasteiger partial charge is 0.399 e. The Balaban J connectivity index is 0.683. The number of rotatable bonds is 15. The standard InChI is InChI=1S/C102H93B2N3O4/c1-96(2)91-51-47-76(62-92(91)97(3,4)98(96,5)6)95-54-50-79(65-107-95)87-35-17-20-38-90(87)82-58-80(88-36-18-15-33-85(88)77-48-52-93(105-63-77)74-29-21-25-70(55-74)66-39-43-68(44-40-66)72-27-23-31-83(60-72)103-108-99(7,8)100(9,10)109-103)57-81(59-82)89-37-19-16-34-86(89)78-49-53-94(106-64-78)75-30-22-26-71(56-75)67-41-45-69(46-42-67)73-28-24-32-84(61-73)104-110-101(11,12)102(13,14)111-104/h15-65H,1-14H3. The van der Waals surface area contributed by atoms with Crippen molar-refractivity contribution in [3.63, 3.8) is 0 Å². The minimum Gasteiger partial charge on any atom is -0.399 e. The molecular weight excluding hydrogens is 1350 g/mol. The molecule has 0 amide bonds. The van der Waals surface area contributed by atoms with E-state index in [2.05, 4.69) is 394 Å². The molecule has 7 nitrogen and oxygen atoms in total. The number of hydrogen-bond donors (Lipinski definition) is 0. The molecule has 0 radical (unpaired) electrons. The first-order chi connectivity index (χ1) is 53.2. The Labute approximate surface area is 656 Å². The van der Waals surface area contributed by atoms with E-state index in [1.54, 1.807) is 0 Å². The summed E-state index contributed by atoms with van der Waals surface area (Å²) in [5.41, 5.74) is 31.1. The largest absolute Gasteiger partial charge is 0.494 e. The summed E-state index contributed by atoms with van der Waals surface area (Å²) >= 11 is 0. The first kappa shape index (κ1) is 72.7. The SMILES string of the molecule is CC1(C)OB(c2cccc(-c3ccc(-c4cccc(-c5ccc(-c6ccccc6-c6cc(-c7ccccc7-c7ccc(-c8cccc(-c9ccc(-c%10cccc(B%11OC(C)(C)C(C)(C)O%11)c%10)cc9)c8)nc7)cc(-c7ccccc7-c7ccc(-c8ccc9c(c8)C(C)(C)C(C)(C)C9(C)C)nc7)c6)cn5)c4)cc3)c2)OC1(C)C. The lowest BCUT2D eigenvalue weighted by atomic mass is 9.59. The topological polar surface area (TPSA) is 75.6 Å². The minimum atomic E-state index is -0.424. The van der Waals surface area contributed by atoms with Crippen molar-refractivity contribution in [2.24, 2.45) is 5.41 Å². The third kappa shape index (κ3) is 13.2. The average Bonchev–Trinajstić information content (AvgIpc) is 1.54. The number of hydrogen-bond acceptors (Lipinski definition) is 7. The Hall–Kier alpha value is -11.2. The van der Waals surface area contributed by atoms with E-state index in [0.717, 1.165) is 156 Å². The van der Waals surface area contributed by atoms with Gasteiger partial charge in [-0.2, -0.15) is 0 Å². The molecular formula is C102H93B2N3O4. The monoisotopic (exact) mass is 1450 g/mol. The van der Waals surface area contributed by atoms with Gasteiger partial charge >= 0.3 is 14.2 Å². The number of nitrogens with zero attached hydrogens (tertiary/aromatic N) is 3. The average molecular weight is 1450 g/mol. The molecule has 0 bridgehead atoms. The van der Waals surface area contributed by atoms with Crippen LogP contribution in [0.15, 0.2) is 310 Å². The van der Waals surface area contributed by atoms with Gasteiger partial charge in [0.15, 0.2) is 0 Å². The molecule has 14 aromatic rings. The van der Waals surface area contributed by atoms with E-state index < -0.39 is 36.6 Å². The van der Waals surface area contributed by atoms with Gasteiger partial charge < -0.3 is 18.6 Å². The van der Waals surface area contributed by atoms with Gasteiger partial charge in [-0.25, -0.2) is 0 Å². The first-order valence-electron chi connectivity index (χ1n) is 39.0. The maximum absolute atomic E-state index is 6.42. The van der Waals surface area contributed by atoms with Crippen molar-refractivity contribution in [3.8, 4) is 145 Å². The molecule has 2 saturated heterocycles. The van der Waals surface area contributed by atoms with Crippen LogP contribution in [0.1, 0.15) is 108 Å². The highest BCUT2D eigenvalue weighted by molar-refractivity contribution is 6.62. The summed E-state index contributed by atoms with van der Waals surface area (Å²) in [6.07, 6.45) is 6.11. The lowest BCUT2D eigenvalue weighted by Gasteiger charge is -2.44. The van der Waals surface area contributed by atoms with E-state index in [9.17, 15) is 0 Å². The normalized spacial score (nSPS) is 16.7. The van der Waals surface area contributed by atoms with Crippen LogP contribution in [0.25, 0.3) is 145 Å². The van der Waals surface area contributed by atoms with Gasteiger partial charge in [-0.3, -0.25) is 15.0 Å². The minimum absolute atomic E-state index is 0.0191. The van der Waals surface area contributed by atoms with Crippen molar-refractivity contribution in [2.75, 3.05) is 0 Å². The van der Waals surface area contributed by atoms with Crippen LogP contribution in [0.5, 0.6) is 0 Å². The molecule has 0 saturated carbocycles. The number of aromatic nitrogens is 3. The lowest BCUT2D eigenvalue weighted by molar-refractivity contribution is 0.00578. The highest BCUT2D eigenvalue weighted by atomic mass is 16.7. The van der Waals surface area contributed by atoms with Crippen LogP contribution in [-0.4, -0.2) is 51.6 Å². The van der Waals surface area contributed by atoms with E-state index in [-0.39, 0.29) is 16.2 Å². The molecule has 11 aromatic carbocycles. The molecule has 0 unspecified atom stereocenters. The summed E-state index contributed by atoms with van der Waals surface area (Å²) in [5, 5.41) is 0. The molecule has 17 rings (SSSR count).